The van der Waals surface area contributed by atoms with Crippen LogP contribution in [0.15, 0.2) is 71.8 Å². The van der Waals surface area contributed by atoms with Crippen LogP contribution in [-0.4, -0.2) is 31.5 Å². The molecule has 0 aliphatic carbocycles. The molecule has 2 aliphatic rings. The maximum Gasteiger partial charge on any atom is 0.213 e. The molecule has 0 aromatic heterocycles. The van der Waals surface area contributed by atoms with Gasteiger partial charge in [0.05, 0.1) is 32.6 Å². The highest BCUT2D eigenvalue weighted by molar-refractivity contribution is 6.02. The normalized spacial score (nSPS) is 18.3. The summed E-state index contributed by atoms with van der Waals surface area (Å²) in [6.45, 7) is 2.94. The second-order valence-corrected chi connectivity index (χ2v) is 8.87. The van der Waals surface area contributed by atoms with Crippen molar-refractivity contribution in [1.82, 2.24) is 5.01 Å². The van der Waals surface area contributed by atoms with E-state index in [1.54, 1.807) is 14.2 Å². The molecule has 0 bridgehead atoms. The van der Waals surface area contributed by atoms with Crippen molar-refractivity contribution in [2.24, 2.45) is 5.10 Å². The van der Waals surface area contributed by atoms with E-state index in [2.05, 4.69) is 42.3 Å². The standard InChI is InChI=1S/C29H32N2O4/c1-4-5-6-17-34-23-13-9-21(10-14-23)29-31-27(25-18-24(33-3)15-16-28(25)35-29)19-26(30-31)20-7-11-22(32-2)12-8-20/h7-16,18,27,29H,4-6,17,19H2,1-3H3/t27-,29+/m0/s1. The van der Waals surface area contributed by atoms with Gasteiger partial charge in [-0.2, -0.15) is 5.10 Å². The van der Waals surface area contributed by atoms with E-state index in [-0.39, 0.29) is 12.3 Å². The van der Waals surface area contributed by atoms with Crippen LogP contribution in [0.1, 0.15) is 61.6 Å². The number of rotatable bonds is 9. The summed E-state index contributed by atoms with van der Waals surface area (Å²) in [5.74, 6) is 3.39. The first-order valence-electron chi connectivity index (χ1n) is 12.3. The van der Waals surface area contributed by atoms with Crippen LogP contribution in [0.25, 0.3) is 0 Å². The Balaban J connectivity index is 1.44. The molecule has 3 aromatic rings. The number of unbranched alkanes of at least 4 members (excludes halogenated alkanes) is 2. The minimum Gasteiger partial charge on any atom is -0.497 e. The number of fused-ring (bicyclic) bond motifs is 3. The minimum absolute atomic E-state index is 0.0564. The molecule has 0 fully saturated rings. The highest BCUT2D eigenvalue weighted by atomic mass is 16.5. The fraction of sp³-hybridized carbons (Fsp3) is 0.345. The van der Waals surface area contributed by atoms with E-state index in [1.807, 2.05) is 36.4 Å². The molecule has 0 radical (unpaired) electrons. The summed E-state index contributed by atoms with van der Waals surface area (Å²) in [5, 5.41) is 7.13. The summed E-state index contributed by atoms with van der Waals surface area (Å²) < 4.78 is 23.2. The van der Waals surface area contributed by atoms with Gasteiger partial charge in [0, 0.05) is 17.5 Å². The zero-order chi connectivity index (χ0) is 24.2. The number of methoxy groups -OCH3 is 2. The molecular formula is C29H32N2O4. The van der Waals surface area contributed by atoms with Gasteiger partial charge in [-0.15, -0.1) is 0 Å². The van der Waals surface area contributed by atoms with E-state index in [9.17, 15) is 0 Å². The van der Waals surface area contributed by atoms with Crippen LogP contribution in [-0.2, 0) is 0 Å². The van der Waals surface area contributed by atoms with E-state index in [1.165, 1.54) is 12.8 Å². The molecule has 0 spiro atoms. The Morgan fingerprint density at radius 1 is 0.886 bits per heavy atom. The van der Waals surface area contributed by atoms with E-state index in [0.717, 1.165) is 64.8 Å². The molecule has 0 N–H and O–H groups in total. The van der Waals surface area contributed by atoms with Crippen molar-refractivity contribution in [3.8, 4) is 23.0 Å². The van der Waals surface area contributed by atoms with Gasteiger partial charge >= 0.3 is 0 Å². The molecule has 5 rings (SSSR count). The largest absolute Gasteiger partial charge is 0.497 e. The van der Waals surface area contributed by atoms with Gasteiger partial charge in [0.1, 0.15) is 23.0 Å². The third kappa shape index (κ3) is 4.78. The Morgan fingerprint density at radius 3 is 2.31 bits per heavy atom. The lowest BCUT2D eigenvalue weighted by Gasteiger charge is -2.38. The molecule has 3 aromatic carbocycles. The van der Waals surface area contributed by atoms with Gasteiger partial charge < -0.3 is 18.9 Å². The van der Waals surface area contributed by atoms with E-state index >= 15 is 0 Å². The quantitative estimate of drug-likeness (QED) is 0.332. The lowest BCUT2D eigenvalue weighted by Crippen LogP contribution is -2.33. The van der Waals surface area contributed by atoms with Crippen LogP contribution in [0, 0.1) is 0 Å². The van der Waals surface area contributed by atoms with Crippen molar-refractivity contribution < 1.29 is 18.9 Å². The number of ether oxygens (including phenoxy) is 4. The van der Waals surface area contributed by atoms with E-state index < -0.39 is 0 Å². The zero-order valence-corrected chi connectivity index (χ0v) is 20.6. The number of hydrazone groups is 1. The highest BCUT2D eigenvalue weighted by Gasteiger charge is 2.41. The SMILES string of the molecule is CCCCCOc1ccc([C@H]2Oc3ccc(OC)cc3[C@@H]3CC(c4ccc(OC)cc4)=NN23)cc1. The first kappa shape index (κ1) is 23.1. The third-order valence-electron chi connectivity index (χ3n) is 6.60. The van der Waals surface area contributed by atoms with Gasteiger partial charge in [-0.3, -0.25) is 0 Å². The highest BCUT2D eigenvalue weighted by Crippen LogP contribution is 2.48. The maximum absolute atomic E-state index is 6.51. The molecule has 6 nitrogen and oxygen atoms in total. The number of nitrogens with zero attached hydrogens (tertiary/aromatic N) is 2. The summed E-state index contributed by atoms with van der Waals surface area (Å²) in [7, 11) is 3.36. The summed E-state index contributed by atoms with van der Waals surface area (Å²) in [6, 6.07) is 22.3. The smallest absolute Gasteiger partial charge is 0.213 e. The monoisotopic (exact) mass is 472 g/mol. The Hall–Kier alpha value is -3.67. The molecule has 0 saturated heterocycles. The first-order valence-corrected chi connectivity index (χ1v) is 12.3. The van der Waals surface area contributed by atoms with Crippen molar-refractivity contribution in [3.05, 3.63) is 83.4 Å². The molecular weight excluding hydrogens is 440 g/mol. The topological polar surface area (TPSA) is 52.5 Å². The predicted octanol–water partition coefficient (Wildman–Crippen LogP) is 6.52. The van der Waals surface area contributed by atoms with Gasteiger partial charge in [-0.1, -0.05) is 19.8 Å². The van der Waals surface area contributed by atoms with Crippen LogP contribution >= 0.6 is 0 Å². The summed E-state index contributed by atoms with van der Waals surface area (Å²) in [4.78, 5) is 0. The second kappa shape index (κ2) is 10.3. The molecule has 6 heteroatoms. The lowest BCUT2D eigenvalue weighted by atomic mass is 9.95. The number of hydrogen-bond donors (Lipinski definition) is 0. The van der Waals surface area contributed by atoms with E-state index in [0.29, 0.717) is 0 Å². The van der Waals surface area contributed by atoms with Crippen molar-refractivity contribution in [2.75, 3.05) is 20.8 Å². The number of hydrogen-bond acceptors (Lipinski definition) is 6. The Kier molecular flexibility index (Phi) is 6.80. The van der Waals surface area contributed by atoms with Crippen molar-refractivity contribution in [3.63, 3.8) is 0 Å². The van der Waals surface area contributed by atoms with Gasteiger partial charge in [-0.05, 0) is 78.7 Å². The average Bonchev–Trinajstić information content (AvgIpc) is 3.37. The van der Waals surface area contributed by atoms with Gasteiger partial charge in [0.2, 0.25) is 6.23 Å². The molecule has 2 aliphatic heterocycles. The molecule has 2 heterocycles. The molecule has 0 amide bonds. The summed E-state index contributed by atoms with van der Waals surface area (Å²) >= 11 is 0. The fourth-order valence-electron chi connectivity index (χ4n) is 4.64. The Morgan fingerprint density at radius 2 is 1.60 bits per heavy atom. The number of benzene rings is 3. The lowest BCUT2D eigenvalue weighted by molar-refractivity contribution is -0.0191. The van der Waals surface area contributed by atoms with Gasteiger partial charge in [0.15, 0.2) is 0 Å². The second-order valence-electron chi connectivity index (χ2n) is 8.87. The van der Waals surface area contributed by atoms with Gasteiger partial charge in [-0.25, -0.2) is 5.01 Å². The third-order valence-corrected chi connectivity index (χ3v) is 6.60. The molecule has 182 valence electrons. The van der Waals surface area contributed by atoms with Crippen LogP contribution < -0.4 is 18.9 Å². The van der Waals surface area contributed by atoms with Gasteiger partial charge in [0.25, 0.3) is 0 Å². The predicted molar refractivity (Wildman–Crippen MR) is 137 cm³/mol. The molecule has 0 unspecified atom stereocenters. The van der Waals surface area contributed by atoms with Crippen LogP contribution in [0.4, 0.5) is 0 Å². The van der Waals surface area contributed by atoms with Crippen molar-refractivity contribution >= 4 is 5.71 Å². The maximum atomic E-state index is 6.51. The average molecular weight is 473 g/mol. The first-order chi connectivity index (χ1) is 17.2. The molecule has 0 saturated carbocycles. The zero-order valence-electron chi connectivity index (χ0n) is 20.6. The van der Waals surface area contributed by atoms with Crippen LogP contribution in [0.2, 0.25) is 0 Å². The van der Waals surface area contributed by atoms with Crippen molar-refractivity contribution in [1.29, 1.82) is 0 Å². The minimum atomic E-state index is -0.328. The summed E-state index contributed by atoms with van der Waals surface area (Å²) in [6.07, 6.45) is 3.90. The molecule has 2 atom stereocenters. The Labute approximate surface area is 207 Å². The summed E-state index contributed by atoms with van der Waals surface area (Å²) in [5.41, 5.74) is 4.23. The van der Waals surface area contributed by atoms with Crippen molar-refractivity contribution in [2.45, 2.75) is 44.9 Å². The fourth-order valence-corrected chi connectivity index (χ4v) is 4.64. The molecule has 35 heavy (non-hydrogen) atoms. The van der Waals surface area contributed by atoms with Crippen LogP contribution in [0.5, 0.6) is 23.0 Å². The van der Waals surface area contributed by atoms with Crippen LogP contribution in [0.3, 0.4) is 0 Å². The van der Waals surface area contributed by atoms with E-state index in [4.69, 9.17) is 24.0 Å². The Bertz CT molecular complexity index is 1170.